The third-order valence-electron chi connectivity index (χ3n) is 4.52. The van der Waals surface area contributed by atoms with Gasteiger partial charge in [-0.25, -0.2) is 0 Å². The van der Waals surface area contributed by atoms with E-state index in [9.17, 15) is 0 Å². The van der Waals surface area contributed by atoms with E-state index in [1.54, 1.807) is 0 Å². The SMILES string of the molecule is CCCC(CC(CC)n1nc2ccccc2n1)C(C)(C)C. The summed E-state index contributed by atoms with van der Waals surface area (Å²) in [6.45, 7) is 11.6. The Hall–Kier alpha value is -1.38. The molecule has 2 rings (SSSR count). The first kappa shape index (κ1) is 16.0. The molecule has 0 amide bonds. The van der Waals surface area contributed by atoms with Crippen molar-refractivity contribution in [3.63, 3.8) is 0 Å². The molecule has 2 atom stereocenters. The Balaban J connectivity index is 2.22. The molecule has 0 saturated carbocycles. The molecule has 0 aliphatic rings. The van der Waals surface area contributed by atoms with Crippen LogP contribution in [0.3, 0.4) is 0 Å². The van der Waals surface area contributed by atoms with Crippen LogP contribution in [0.25, 0.3) is 11.0 Å². The summed E-state index contributed by atoms with van der Waals surface area (Å²) in [5.41, 5.74) is 2.34. The molecule has 0 bridgehead atoms. The second-order valence-electron chi connectivity index (χ2n) is 7.16. The minimum Gasteiger partial charge on any atom is -0.181 e. The fraction of sp³-hybridized carbons (Fsp3) is 0.667. The van der Waals surface area contributed by atoms with Gasteiger partial charge in [0.15, 0.2) is 0 Å². The van der Waals surface area contributed by atoms with Gasteiger partial charge >= 0.3 is 0 Å². The van der Waals surface area contributed by atoms with E-state index in [-0.39, 0.29) is 0 Å². The van der Waals surface area contributed by atoms with Gasteiger partial charge in [0.1, 0.15) is 11.0 Å². The van der Waals surface area contributed by atoms with Crippen LogP contribution in [0.2, 0.25) is 0 Å². The molecular weight excluding hydrogens is 258 g/mol. The number of benzene rings is 1. The molecule has 0 radical (unpaired) electrons. The molecule has 0 saturated heterocycles. The third-order valence-corrected chi connectivity index (χ3v) is 4.52. The summed E-state index contributed by atoms with van der Waals surface area (Å²) in [4.78, 5) is 1.96. The summed E-state index contributed by atoms with van der Waals surface area (Å²) in [6.07, 6.45) is 4.76. The average Bonchev–Trinajstić information content (AvgIpc) is 2.85. The molecule has 116 valence electrons. The topological polar surface area (TPSA) is 30.7 Å². The molecule has 0 N–H and O–H groups in total. The summed E-state index contributed by atoms with van der Waals surface area (Å²) in [5.74, 6) is 0.710. The number of fused-ring (bicyclic) bond motifs is 1. The Kier molecular flexibility index (Phi) is 5.02. The fourth-order valence-corrected chi connectivity index (χ4v) is 3.05. The maximum atomic E-state index is 4.68. The van der Waals surface area contributed by atoms with Crippen LogP contribution in [0.5, 0.6) is 0 Å². The van der Waals surface area contributed by atoms with Crippen molar-refractivity contribution in [2.24, 2.45) is 11.3 Å². The van der Waals surface area contributed by atoms with Crippen LogP contribution in [0, 0.1) is 11.3 Å². The van der Waals surface area contributed by atoms with Crippen LogP contribution in [-0.2, 0) is 0 Å². The summed E-state index contributed by atoms with van der Waals surface area (Å²) in [5, 5.41) is 9.37. The summed E-state index contributed by atoms with van der Waals surface area (Å²) in [6, 6.07) is 8.53. The quantitative estimate of drug-likeness (QED) is 0.728. The van der Waals surface area contributed by atoms with Crippen molar-refractivity contribution < 1.29 is 0 Å². The second kappa shape index (κ2) is 6.59. The number of hydrogen-bond acceptors (Lipinski definition) is 2. The average molecular weight is 287 g/mol. The molecule has 0 aliphatic heterocycles. The van der Waals surface area contributed by atoms with Crippen molar-refractivity contribution in [2.75, 3.05) is 0 Å². The number of aromatic nitrogens is 3. The molecule has 1 aromatic heterocycles. The predicted molar refractivity (Wildman–Crippen MR) is 89.3 cm³/mol. The van der Waals surface area contributed by atoms with Crippen molar-refractivity contribution in [2.45, 2.75) is 66.3 Å². The Morgan fingerprint density at radius 2 is 1.62 bits per heavy atom. The first-order valence-corrected chi connectivity index (χ1v) is 8.27. The van der Waals surface area contributed by atoms with Gasteiger partial charge in [0.25, 0.3) is 0 Å². The molecule has 3 nitrogen and oxygen atoms in total. The van der Waals surface area contributed by atoms with Crippen molar-refractivity contribution >= 4 is 11.0 Å². The molecule has 0 aliphatic carbocycles. The summed E-state index contributed by atoms with van der Waals surface area (Å²) >= 11 is 0. The van der Waals surface area contributed by atoms with Crippen LogP contribution in [-0.4, -0.2) is 15.0 Å². The highest BCUT2D eigenvalue weighted by molar-refractivity contribution is 5.72. The van der Waals surface area contributed by atoms with Gasteiger partial charge in [0.2, 0.25) is 0 Å². The predicted octanol–water partition coefficient (Wildman–Crippen LogP) is 5.23. The van der Waals surface area contributed by atoms with Crippen LogP contribution >= 0.6 is 0 Å². The molecule has 2 unspecified atom stereocenters. The fourth-order valence-electron chi connectivity index (χ4n) is 3.05. The Morgan fingerprint density at radius 1 is 1.05 bits per heavy atom. The van der Waals surface area contributed by atoms with E-state index in [0.717, 1.165) is 23.9 Å². The maximum absolute atomic E-state index is 4.68. The van der Waals surface area contributed by atoms with Crippen LogP contribution in [0.15, 0.2) is 24.3 Å². The smallest absolute Gasteiger partial charge is 0.113 e. The first-order chi connectivity index (χ1) is 9.95. The number of rotatable bonds is 6. The van der Waals surface area contributed by atoms with E-state index >= 15 is 0 Å². The third kappa shape index (κ3) is 3.84. The van der Waals surface area contributed by atoms with Crippen molar-refractivity contribution in [1.29, 1.82) is 0 Å². The molecule has 0 spiro atoms. The zero-order chi connectivity index (χ0) is 15.5. The van der Waals surface area contributed by atoms with Gasteiger partial charge in [-0.3, -0.25) is 0 Å². The van der Waals surface area contributed by atoms with Gasteiger partial charge in [0, 0.05) is 0 Å². The normalized spacial score (nSPS) is 15.3. The Labute approximate surface area is 128 Å². The van der Waals surface area contributed by atoms with Gasteiger partial charge in [-0.2, -0.15) is 15.0 Å². The molecule has 1 aromatic carbocycles. The lowest BCUT2D eigenvalue weighted by molar-refractivity contribution is 0.171. The summed E-state index contributed by atoms with van der Waals surface area (Å²) < 4.78 is 0. The molecule has 1 heterocycles. The zero-order valence-corrected chi connectivity index (χ0v) is 14.1. The van der Waals surface area contributed by atoms with Gasteiger partial charge in [-0.15, -0.1) is 0 Å². The van der Waals surface area contributed by atoms with Gasteiger partial charge in [-0.05, 0) is 36.3 Å². The number of hydrogen-bond donors (Lipinski definition) is 0. The highest BCUT2D eigenvalue weighted by atomic mass is 15.5. The second-order valence-corrected chi connectivity index (χ2v) is 7.16. The molecule has 3 heteroatoms. The van der Waals surface area contributed by atoms with Gasteiger partial charge in [-0.1, -0.05) is 59.6 Å². The lowest BCUT2D eigenvalue weighted by atomic mass is 9.74. The van der Waals surface area contributed by atoms with Gasteiger partial charge in [0.05, 0.1) is 6.04 Å². The van der Waals surface area contributed by atoms with Crippen LogP contribution in [0.4, 0.5) is 0 Å². The maximum Gasteiger partial charge on any atom is 0.113 e. The van der Waals surface area contributed by atoms with E-state index in [2.05, 4.69) is 44.8 Å². The largest absolute Gasteiger partial charge is 0.181 e. The first-order valence-electron chi connectivity index (χ1n) is 8.27. The van der Waals surface area contributed by atoms with Crippen molar-refractivity contribution in [3.05, 3.63) is 24.3 Å². The standard InChI is InChI=1S/C18H29N3/c1-6-10-14(18(3,4)5)13-15(7-2)21-19-16-11-8-9-12-17(16)20-21/h8-9,11-12,14-15H,6-7,10,13H2,1-5H3. The van der Waals surface area contributed by atoms with E-state index in [0.29, 0.717) is 17.4 Å². The monoisotopic (exact) mass is 287 g/mol. The van der Waals surface area contributed by atoms with Crippen LogP contribution in [0.1, 0.15) is 66.3 Å². The van der Waals surface area contributed by atoms with E-state index in [4.69, 9.17) is 0 Å². The minimum absolute atomic E-state index is 0.343. The molecular formula is C18H29N3. The van der Waals surface area contributed by atoms with E-state index in [1.165, 1.54) is 12.8 Å². The highest BCUT2D eigenvalue weighted by Crippen LogP contribution is 2.36. The van der Waals surface area contributed by atoms with Crippen LogP contribution < -0.4 is 0 Å². The van der Waals surface area contributed by atoms with Gasteiger partial charge < -0.3 is 0 Å². The van der Waals surface area contributed by atoms with Crippen molar-refractivity contribution in [3.8, 4) is 0 Å². The lowest BCUT2D eigenvalue weighted by Gasteiger charge is -2.33. The minimum atomic E-state index is 0.343. The molecule has 2 aromatic rings. The Morgan fingerprint density at radius 3 is 2.05 bits per heavy atom. The van der Waals surface area contributed by atoms with Crippen molar-refractivity contribution in [1.82, 2.24) is 15.0 Å². The Bertz CT molecular complexity index is 532. The lowest BCUT2D eigenvalue weighted by Crippen LogP contribution is -2.25. The molecule has 21 heavy (non-hydrogen) atoms. The zero-order valence-electron chi connectivity index (χ0n) is 14.1. The molecule has 0 fully saturated rings. The highest BCUT2D eigenvalue weighted by Gasteiger charge is 2.27. The summed E-state index contributed by atoms with van der Waals surface area (Å²) in [7, 11) is 0. The van der Waals surface area contributed by atoms with E-state index in [1.807, 2.05) is 29.1 Å². The number of nitrogens with zero attached hydrogens (tertiary/aromatic N) is 3. The van der Waals surface area contributed by atoms with E-state index < -0.39 is 0 Å².